The Hall–Kier alpha value is -1.40. The van der Waals surface area contributed by atoms with Crippen LogP contribution in [0.5, 0.6) is 0 Å². The molecule has 0 heterocycles. The van der Waals surface area contributed by atoms with E-state index in [0.29, 0.717) is 5.02 Å². The lowest BCUT2D eigenvalue weighted by Crippen LogP contribution is -2.52. The molecule has 0 spiro atoms. The van der Waals surface area contributed by atoms with Crippen molar-refractivity contribution in [3.05, 3.63) is 65.2 Å². The number of sulfonamides is 1. The normalized spacial score (nSPS) is 20.7. The Morgan fingerprint density at radius 2 is 1.70 bits per heavy atom. The van der Waals surface area contributed by atoms with Gasteiger partial charge in [-0.1, -0.05) is 61.7 Å². The van der Waals surface area contributed by atoms with Gasteiger partial charge in [0.25, 0.3) is 0 Å². The molecule has 0 amide bonds. The molecular formula is C21H27ClN2O2S. The molecule has 2 aromatic rings. The van der Waals surface area contributed by atoms with Crippen molar-refractivity contribution in [3.63, 3.8) is 0 Å². The maximum atomic E-state index is 12.9. The zero-order valence-electron chi connectivity index (χ0n) is 15.6. The van der Waals surface area contributed by atoms with E-state index in [2.05, 4.69) is 28.7 Å². The summed E-state index contributed by atoms with van der Waals surface area (Å²) < 4.78 is 28.7. The van der Waals surface area contributed by atoms with Gasteiger partial charge in [0.1, 0.15) is 0 Å². The Bertz CT molecular complexity index is 825. The second-order valence-electron chi connectivity index (χ2n) is 7.08. The van der Waals surface area contributed by atoms with E-state index in [-0.39, 0.29) is 17.0 Å². The fourth-order valence-electron chi connectivity index (χ4n) is 3.85. The maximum Gasteiger partial charge on any atom is 0.240 e. The van der Waals surface area contributed by atoms with Crippen LogP contribution in [0.3, 0.4) is 0 Å². The van der Waals surface area contributed by atoms with Crippen LogP contribution in [0.1, 0.15) is 38.2 Å². The van der Waals surface area contributed by atoms with E-state index in [9.17, 15) is 8.42 Å². The highest BCUT2D eigenvalue weighted by molar-refractivity contribution is 7.89. The third kappa shape index (κ3) is 5.32. The molecule has 3 rings (SSSR count). The van der Waals surface area contributed by atoms with Gasteiger partial charge >= 0.3 is 0 Å². The van der Waals surface area contributed by atoms with Gasteiger partial charge in [-0.25, -0.2) is 13.1 Å². The minimum absolute atomic E-state index is 0.0805. The van der Waals surface area contributed by atoms with Crippen LogP contribution in [-0.4, -0.2) is 31.9 Å². The second kappa shape index (κ2) is 9.20. The molecule has 1 saturated carbocycles. The standard InChI is InChI=1S/C21H27ClN2O2S/c1-2-24(16-17-8-4-3-5-9-17)21-11-7-6-10-20(21)23-27(25,26)19-14-12-18(22)13-15-19/h3-5,8-9,12-15,20-21,23H,2,6-7,10-11,16H2,1H3/t20-,21+/m0/s1. The van der Waals surface area contributed by atoms with E-state index in [4.69, 9.17) is 11.6 Å². The molecule has 0 unspecified atom stereocenters. The molecular weight excluding hydrogens is 380 g/mol. The van der Waals surface area contributed by atoms with Crippen molar-refractivity contribution in [1.82, 2.24) is 9.62 Å². The first kappa shape index (κ1) is 20.3. The van der Waals surface area contributed by atoms with E-state index in [1.807, 2.05) is 18.2 Å². The molecule has 27 heavy (non-hydrogen) atoms. The summed E-state index contributed by atoms with van der Waals surface area (Å²) in [4.78, 5) is 2.66. The molecule has 0 aliphatic heterocycles. The van der Waals surface area contributed by atoms with Crippen molar-refractivity contribution in [2.45, 2.75) is 56.1 Å². The van der Waals surface area contributed by atoms with Crippen molar-refractivity contribution in [2.24, 2.45) is 0 Å². The van der Waals surface area contributed by atoms with Gasteiger partial charge < -0.3 is 0 Å². The summed E-state index contributed by atoms with van der Waals surface area (Å²) in [5, 5.41) is 0.532. The van der Waals surface area contributed by atoms with Crippen LogP contribution in [0.15, 0.2) is 59.5 Å². The highest BCUT2D eigenvalue weighted by Gasteiger charge is 2.32. The molecule has 0 bridgehead atoms. The fraction of sp³-hybridized carbons (Fsp3) is 0.429. The van der Waals surface area contributed by atoms with Crippen LogP contribution in [0.25, 0.3) is 0 Å². The predicted octanol–water partition coefficient (Wildman–Crippen LogP) is 4.45. The molecule has 2 atom stereocenters. The number of nitrogens with one attached hydrogen (secondary N) is 1. The number of likely N-dealkylation sites (N-methyl/N-ethyl adjacent to an activating group) is 1. The Morgan fingerprint density at radius 1 is 1.04 bits per heavy atom. The Kier molecular flexibility index (Phi) is 6.93. The molecule has 0 aromatic heterocycles. The second-order valence-corrected chi connectivity index (χ2v) is 9.23. The van der Waals surface area contributed by atoms with Crippen molar-refractivity contribution in [1.29, 1.82) is 0 Å². The zero-order chi connectivity index (χ0) is 19.3. The van der Waals surface area contributed by atoms with Crippen molar-refractivity contribution >= 4 is 21.6 Å². The van der Waals surface area contributed by atoms with E-state index in [1.54, 1.807) is 24.3 Å². The van der Waals surface area contributed by atoms with Gasteiger partial charge in [-0.2, -0.15) is 0 Å². The number of hydrogen-bond donors (Lipinski definition) is 1. The smallest absolute Gasteiger partial charge is 0.240 e. The Balaban J connectivity index is 1.76. The third-order valence-electron chi connectivity index (χ3n) is 5.26. The molecule has 1 fully saturated rings. The van der Waals surface area contributed by atoms with Crippen LogP contribution < -0.4 is 4.72 Å². The minimum atomic E-state index is -3.56. The molecule has 0 radical (unpaired) electrons. The fourth-order valence-corrected chi connectivity index (χ4v) is 5.28. The molecule has 1 aliphatic rings. The lowest BCUT2D eigenvalue weighted by atomic mass is 9.89. The topological polar surface area (TPSA) is 49.4 Å². The van der Waals surface area contributed by atoms with Crippen molar-refractivity contribution in [3.8, 4) is 0 Å². The number of benzene rings is 2. The first-order valence-electron chi connectivity index (χ1n) is 9.55. The van der Waals surface area contributed by atoms with Crippen LogP contribution in [0.2, 0.25) is 5.02 Å². The van der Waals surface area contributed by atoms with Gasteiger partial charge in [-0.05, 0) is 49.2 Å². The van der Waals surface area contributed by atoms with Crippen LogP contribution in [0.4, 0.5) is 0 Å². The van der Waals surface area contributed by atoms with E-state index >= 15 is 0 Å². The lowest BCUT2D eigenvalue weighted by molar-refractivity contribution is 0.130. The van der Waals surface area contributed by atoms with Crippen molar-refractivity contribution < 1.29 is 8.42 Å². The summed E-state index contributed by atoms with van der Waals surface area (Å²) in [6.45, 7) is 3.86. The molecule has 1 aliphatic carbocycles. The Labute approximate surface area is 167 Å². The van der Waals surface area contributed by atoms with E-state index < -0.39 is 10.0 Å². The zero-order valence-corrected chi connectivity index (χ0v) is 17.2. The quantitative estimate of drug-likeness (QED) is 0.738. The third-order valence-corrected chi connectivity index (χ3v) is 7.02. The SMILES string of the molecule is CCN(Cc1ccccc1)[C@@H]1CCCC[C@@H]1NS(=O)(=O)c1ccc(Cl)cc1. The van der Waals surface area contributed by atoms with Crippen LogP contribution >= 0.6 is 11.6 Å². The molecule has 146 valence electrons. The average Bonchev–Trinajstić information content (AvgIpc) is 2.67. The Morgan fingerprint density at radius 3 is 2.37 bits per heavy atom. The first-order chi connectivity index (χ1) is 13.0. The lowest BCUT2D eigenvalue weighted by Gasteiger charge is -2.39. The van der Waals surface area contributed by atoms with Crippen LogP contribution in [-0.2, 0) is 16.6 Å². The van der Waals surface area contributed by atoms with Gasteiger partial charge in [0, 0.05) is 23.7 Å². The number of rotatable bonds is 7. The average molecular weight is 407 g/mol. The molecule has 0 saturated heterocycles. The van der Waals surface area contributed by atoms with E-state index in [0.717, 1.165) is 38.8 Å². The molecule has 6 heteroatoms. The van der Waals surface area contributed by atoms with Gasteiger partial charge in [0.05, 0.1) is 4.90 Å². The highest BCUT2D eigenvalue weighted by atomic mass is 35.5. The van der Waals surface area contributed by atoms with Crippen LogP contribution in [0, 0.1) is 0 Å². The number of nitrogens with zero attached hydrogens (tertiary/aromatic N) is 1. The number of halogens is 1. The van der Waals surface area contributed by atoms with Crippen molar-refractivity contribution in [2.75, 3.05) is 6.54 Å². The predicted molar refractivity (Wildman–Crippen MR) is 110 cm³/mol. The van der Waals surface area contributed by atoms with Gasteiger partial charge in [-0.3, -0.25) is 4.90 Å². The molecule has 2 aromatic carbocycles. The number of hydrogen-bond acceptors (Lipinski definition) is 3. The minimum Gasteiger partial charge on any atom is -0.295 e. The van der Waals surface area contributed by atoms with Gasteiger partial charge in [0.15, 0.2) is 0 Å². The largest absolute Gasteiger partial charge is 0.295 e. The summed E-state index contributed by atoms with van der Waals surface area (Å²) in [6.07, 6.45) is 4.06. The first-order valence-corrected chi connectivity index (χ1v) is 11.4. The summed E-state index contributed by atoms with van der Waals surface area (Å²) in [5.41, 5.74) is 1.25. The molecule has 1 N–H and O–H groups in total. The maximum absolute atomic E-state index is 12.9. The summed E-state index contributed by atoms with van der Waals surface area (Å²) in [7, 11) is -3.56. The summed E-state index contributed by atoms with van der Waals surface area (Å²) in [5.74, 6) is 0. The summed E-state index contributed by atoms with van der Waals surface area (Å²) >= 11 is 5.89. The monoisotopic (exact) mass is 406 g/mol. The highest BCUT2D eigenvalue weighted by Crippen LogP contribution is 2.26. The van der Waals surface area contributed by atoms with Gasteiger partial charge in [-0.15, -0.1) is 0 Å². The molecule has 4 nitrogen and oxygen atoms in total. The van der Waals surface area contributed by atoms with Gasteiger partial charge in [0.2, 0.25) is 10.0 Å². The summed E-state index contributed by atoms with van der Waals surface area (Å²) in [6, 6.07) is 16.8. The van der Waals surface area contributed by atoms with E-state index in [1.165, 1.54) is 5.56 Å².